The Labute approximate surface area is 96.6 Å². The van der Waals surface area contributed by atoms with Gasteiger partial charge in [-0.2, -0.15) is 0 Å². The molecule has 7 nitrogen and oxygen atoms in total. The van der Waals surface area contributed by atoms with E-state index >= 15 is 0 Å². The molecule has 0 unspecified atom stereocenters. The molecule has 90 valence electrons. The molecule has 0 aliphatic rings. The van der Waals surface area contributed by atoms with E-state index in [4.69, 9.17) is 4.74 Å². The summed E-state index contributed by atoms with van der Waals surface area (Å²) in [6.45, 7) is 1.26. The third-order valence-electron chi connectivity index (χ3n) is 2.10. The van der Waals surface area contributed by atoms with Crippen molar-refractivity contribution in [3.63, 3.8) is 0 Å². The Morgan fingerprint density at radius 3 is 2.47 bits per heavy atom. The van der Waals surface area contributed by atoms with Crippen LogP contribution < -0.4 is 4.74 Å². The molecule has 1 aromatic rings. The van der Waals surface area contributed by atoms with Gasteiger partial charge in [0.05, 0.1) is 17.0 Å². The zero-order valence-electron chi connectivity index (χ0n) is 9.25. The first-order chi connectivity index (χ1) is 7.97. The molecule has 7 heteroatoms. The highest BCUT2D eigenvalue weighted by atomic mass is 16.6. The second-order valence-electron chi connectivity index (χ2n) is 3.19. The molecule has 0 aliphatic carbocycles. The first kappa shape index (κ1) is 12.6. The Hall–Kier alpha value is -2.44. The fourth-order valence-electron chi connectivity index (χ4n) is 1.28. The van der Waals surface area contributed by atoms with E-state index in [1.807, 2.05) is 0 Å². The van der Waals surface area contributed by atoms with Crippen LogP contribution in [0.3, 0.4) is 0 Å². The molecule has 0 radical (unpaired) electrons. The van der Waals surface area contributed by atoms with E-state index in [0.29, 0.717) is 0 Å². The van der Waals surface area contributed by atoms with Crippen LogP contribution in [-0.2, 0) is 0 Å². The molecule has 0 aromatic heterocycles. The van der Waals surface area contributed by atoms with Crippen molar-refractivity contribution < 1.29 is 14.6 Å². The van der Waals surface area contributed by atoms with Crippen LogP contribution in [0.1, 0.15) is 12.5 Å². The number of methoxy groups -OCH3 is 1. The quantitative estimate of drug-likeness (QED) is 0.592. The van der Waals surface area contributed by atoms with E-state index in [9.17, 15) is 20.2 Å². The number of ether oxygens (including phenoxy) is 1. The average Bonchev–Trinajstić information content (AvgIpc) is 2.28. The third-order valence-corrected chi connectivity index (χ3v) is 2.10. The highest BCUT2D eigenvalue weighted by Crippen LogP contribution is 2.30. The summed E-state index contributed by atoms with van der Waals surface area (Å²) in [6, 6.07) is 4.23. The van der Waals surface area contributed by atoms with E-state index in [0.717, 1.165) is 6.08 Å². The summed E-state index contributed by atoms with van der Waals surface area (Å²) in [6.07, 6.45) is 1.12. The van der Waals surface area contributed by atoms with Gasteiger partial charge in [-0.1, -0.05) is 6.07 Å². The van der Waals surface area contributed by atoms with Crippen molar-refractivity contribution in [3.8, 4) is 5.75 Å². The van der Waals surface area contributed by atoms with Crippen molar-refractivity contribution >= 4 is 11.8 Å². The molecule has 0 fully saturated rings. The van der Waals surface area contributed by atoms with Gasteiger partial charge in [0, 0.05) is 19.1 Å². The Bertz CT molecular complexity index is 495. The number of hydrogen-bond donors (Lipinski definition) is 0. The predicted molar refractivity (Wildman–Crippen MR) is 60.3 cm³/mol. The number of benzene rings is 1. The first-order valence-electron chi connectivity index (χ1n) is 4.61. The highest BCUT2D eigenvalue weighted by molar-refractivity contribution is 5.68. The largest absolute Gasteiger partial charge is 0.496 e. The minimum atomic E-state index is -0.615. The van der Waals surface area contributed by atoms with E-state index in [1.54, 1.807) is 0 Å². The number of nitrogens with zero attached hydrogens (tertiary/aromatic N) is 2. The number of allylic oxidation sites excluding steroid dienone is 1. The number of nitro benzene ring substituents is 1. The Morgan fingerprint density at radius 1 is 1.35 bits per heavy atom. The summed E-state index contributed by atoms with van der Waals surface area (Å²) < 4.78 is 4.95. The maximum absolute atomic E-state index is 10.8. The lowest BCUT2D eigenvalue weighted by Crippen LogP contribution is -1.98. The summed E-state index contributed by atoms with van der Waals surface area (Å²) in [7, 11) is 1.35. The number of nitro groups is 2. The standard InChI is InChI=1S/C10H10N2O5/c1-7(11(13)14)6-8-9(12(15)16)4-3-5-10(8)17-2/h3-6H,1-2H3. The van der Waals surface area contributed by atoms with Crippen molar-refractivity contribution in [3.05, 3.63) is 49.7 Å². The summed E-state index contributed by atoms with van der Waals surface area (Å²) in [4.78, 5) is 20.1. The summed E-state index contributed by atoms with van der Waals surface area (Å²) in [5.41, 5.74) is -0.336. The molecule has 0 atom stereocenters. The first-order valence-corrected chi connectivity index (χ1v) is 4.61. The van der Waals surface area contributed by atoms with Crippen LogP contribution in [0.25, 0.3) is 6.08 Å². The molecule has 0 bridgehead atoms. The molecule has 0 aliphatic heterocycles. The molecule has 0 heterocycles. The minimum absolute atomic E-state index is 0.0919. The Kier molecular flexibility index (Phi) is 3.76. The SMILES string of the molecule is COc1cccc([N+](=O)[O-])c1C=C(C)[N+](=O)[O-]. The van der Waals surface area contributed by atoms with Gasteiger partial charge in [-0.25, -0.2) is 0 Å². The summed E-state index contributed by atoms with van der Waals surface area (Å²) in [5, 5.41) is 21.3. The van der Waals surface area contributed by atoms with Crippen LogP contribution in [0, 0.1) is 20.2 Å². The maximum atomic E-state index is 10.8. The zero-order chi connectivity index (χ0) is 13.0. The van der Waals surface area contributed by atoms with Gasteiger partial charge in [0.15, 0.2) is 0 Å². The predicted octanol–water partition coefficient (Wildman–Crippen LogP) is 2.24. The van der Waals surface area contributed by atoms with Crippen LogP contribution in [0.4, 0.5) is 5.69 Å². The maximum Gasteiger partial charge on any atom is 0.280 e. The van der Waals surface area contributed by atoms with E-state index < -0.39 is 9.85 Å². The summed E-state index contributed by atoms with van der Waals surface area (Å²) >= 11 is 0. The lowest BCUT2D eigenvalue weighted by molar-refractivity contribution is -0.422. The van der Waals surface area contributed by atoms with E-state index in [-0.39, 0.29) is 22.7 Å². The van der Waals surface area contributed by atoms with E-state index in [1.165, 1.54) is 32.2 Å². The number of rotatable bonds is 4. The van der Waals surface area contributed by atoms with Crippen LogP contribution in [0.5, 0.6) is 5.75 Å². The summed E-state index contributed by atoms with van der Waals surface area (Å²) in [5.74, 6) is 0.223. The molecule has 1 rings (SSSR count). The molecule has 0 spiro atoms. The average molecular weight is 238 g/mol. The second-order valence-corrected chi connectivity index (χ2v) is 3.19. The molecular weight excluding hydrogens is 228 g/mol. The van der Waals surface area contributed by atoms with Crippen molar-refractivity contribution in [2.45, 2.75) is 6.92 Å². The highest BCUT2D eigenvalue weighted by Gasteiger charge is 2.18. The van der Waals surface area contributed by atoms with Gasteiger partial charge < -0.3 is 4.74 Å². The van der Waals surface area contributed by atoms with Gasteiger partial charge >= 0.3 is 0 Å². The molecule has 0 amide bonds. The normalized spacial score (nSPS) is 11.1. The van der Waals surface area contributed by atoms with Gasteiger partial charge in [0.25, 0.3) is 5.69 Å². The lowest BCUT2D eigenvalue weighted by atomic mass is 10.1. The zero-order valence-corrected chi connectivity index (χ0v) is 9.25. The molecular formula is C10H10N2O5. The smallest absolute Gasteiger partial charge is 0.280 e. The molecule has 0 saturated heterocycles. The monoisotopic (exact) mass is 238 g/mol. The van der Waals surface area contributed by atoms with Crippen LogP contribution in [0.2, 0.25) is 0 Å². The van der Waals surface area contributed by atoms with E-state index in [2.05, 4.69) is 0 Å². The molecule has 0 saturated carbocycles. The van der Waals surface area contributed by atoms with Crippen LogP contribution in [-0.4, -0.2) is 17.0 Å². The van der Waals surface area contributed by atoms with Gasteiger partial charge in [0.1, 0.15) is 11.3 Å². The van der Waals surface area contributed by atoms with Crippen molar-refractivity contribution in [2.24, 2.45) is 0 Å². The van der Waals surface area contributed by atoms with Crippen molar-refractivity contribution in [2.75, 3.05) is 7.11 Å². The minimum Gasteiger partial charge on any atom is -0.496 e. The lowest BCUT2D eigenvalue weighted by Gasteiger charge is -2.04. The Morgan fingerprint density at radius 2 is 2.00 bits per heavy atom. The van der Waals surface area contributed by atoms with Crippen LogP contribution >= 0.6 is 0 Å². The van der Waals surface area contributed by atoms with Gasteiger partial charge in [0.2, 0.25) is 5.70 Å². The molecule has 17 heavy (non-hydrogen) atoms. The third kappa shape index (κ3) is 2.77. The van der Waals surface area contributed by atoms with Crippen molar-refractivity contribution in [1.82, 2.24) is 0 Å². The van der Waals surface area contributed by atoms with Gasteiger partial charge in [-0.15, -0.1) is 0 Å². The van der Waals surface area contributed by atoms with Gasteiger partial charge in [-0.3, -0.25) is 20.2 Å². The van der Waals surface area contributed by atoms with Gasteiger partial charge in [-0.05, 0) is 6.07 Å². The number of hydrogen-bond acceptors (Lipinski definition) is 5. The molecule has 0 N–H and O–H groups in total. The topological polar surface area (TPSA) is 95.5 Å². The fourth-order valence-corrected chi connectivity index (χ4v) is 1.28. The van der Waals surface area contributed by atoms with Crippen molar-refractivity contribution in [1.29, 1.82) is 0 Å². The Balaban J connectivity index is 3.42. The fraction of sp³-hybridized carbons (Fsp3) is 0.200. The second kappa shape index (κ2) is 5.06. The molecule has 1 aromatic carbocycles. The van der Waals surface area contributed by atoms with Crippen LogP contribution in [0.15, 0.2) is 23.9 Å².